The van der Waals surface area contributed by atoms with Crippen molar-refractivity contribution in [2.45, 2.75) is 44.6 Å². The average molecular weight is 220 g/mol. The number of pyridine rings is 1. The van der Waals surface area contributed by atoms with Gasteiger partial charge in [-0.2, -0.15) is 0 Å². The van der Waals surface area contributed by atoms with E-state index in [2.05, 4.69) is 11.1 Å². The van der Waals surface area contributed by atoms with Crippen molar-refractivity contribution in [3.63, 3.8) is 0 Å². The van der Waals surface area contributed by atoms with Crippen LogP contribution in [-0.4, -0.2) is 17.6 Å². The quantitative estimate of drug-likeness (QED) is 0.851. The molecule has 88 valence electrons. The highest BCUT2D eigenvalue weighted by Crippen LogP contribution is 2.32. The van der Waals surface area contributed by atoms with Gasteiger partial charge in [-0.25, -0.2) is 0 Å². The molecule has 0 aliphatic heterocycles. The SMILES string of the molecule is CCOc1cncc(C2CCC(N)CC2)c1. The van der Waals surface area contributed by atoms with Gasteiger partial charge >= 0.3 is 0 Å². The molecule has 0 radical (unpaired) electrons. The van der Waals surface area contributed by atoms with Gasteiger partial charge in [-0.15, -0.1) is 0 Å². The molecule has 1 aromatic rings. The summed E-state index contributed by atoms with van der Waals surface area (Å²) in [6, 6.07) is 2.53. The Morgan fingerprint density at radius 2 is 2.06 bits per heavy atom. The third-order valence-electron chi connectivity index (χ3n) is 3.29. The first kappa shape index (κ1) is 11.4. The predicted molar refractivity (Wildman–Crippen MR) is 64.6 cm³/mol. The highest BCUT2D eigenvalue weighted by atomic mass is 16.5. The molecule has 1 saturated carbocycles. The Kier molecular flexibility index (Phi) is 3.78. The lowest BCUT2D eigenvalue weighted by molar-refractivity contribution is 0.336. The third kappa shape index (κ3) is 2.73. The topological polar surface area (TPSA) is 48.1 Å². The van der Waals surface area contributed by atoms with Gasteiger partial charge in [0, 0.05) is 12.2 Å². The Hall–Kier alpha value is -1.09. The number of nitrogens with two attached hydrogens (primary N) is 1. The molecule has 0 amide bonds. The van der Waals surface area contributed by atoms with Crippen LogP contribution in [0.4, 0.5) is 0 Å². The van der Waals surface area contributed by atoms with Gasteiger partial charge in [-0.05, 0) is 50.2 Å². The van der Waals surface area contributed by atoms with Gasteiger partial charge < -0.3 is 10.5 Å². The summed E-state index contributed by atoms with van der Waals surface area (Å²) in [6.07, 6.45) is 8.36. The van der Waals surface area contributed by atoms with Gasteiger partial charge in [-0.3, -0.25) is 4.98 Å². The van der Waals surface area contributed by atoms with Gasteiger partial charge in [0.2, 0.25) is 0 Å². The Morgan fingerprint density at radius 3 is 2.75 bits per heavy atom. The van der Waals surface area contributed by atoms with Crippen LogP contribution in [-0.2, 0) is 0 Å². The maximum absolute atomic E-state index is 5.91. The van der Waals surface area contributed by atoms with Crippen molar-refractivity contribution in [1.82, 2.24) is 4.98 Å². The fourth-order valence-electron chi connectivity index (χ4n) is 2.36. The van der Waals surface area contributed by atoms with E-state index in [9.17, 15) is 0 Å². The highest BCUT2D eigenvalue weighted by molar-refractivity contribution is 5.26. The van der Waals surface area contributed by atoms with E-state index in [4.69, 9.17) is 10.5 Å². The van der Waals surface area contributed by atoms with Crippen molar-refractivity contribution in [3.05, 3.63) is 24.0 Å². The van der Waals surface area contributed by atoms with E-state index >= 15 is 0 Å². The molecule has 0 saturated heterocycles. The van der Waals surface area contributed by atoms with Crippen LogP contribution < -0.4 is 10.5 Å². The fraction of sp³-hybridized carbons (Fsp3) is 0.615. The molecular formula is C13H20N2O. The summed E-state index contributed by atoms with van der Waals surface area (Å²) < 4.78 is 5.47. The van der Waals surface area contributed by atoms with Crippen molar-refractivity contribution in [3.8, 4) is 5.75 Å². The number of hydrogen-bond acceptors (Lipinski definition) is 3. The van der Waals surface area contributed by atoms with Gasteiger partial charge in [0.25, 0.3) is 0 Å². The zero-order valence-electron chi connectivity index (χ0n) is 9.86. The van der Waals surface area contributed by atoms with Crippen LogP contribution in [0, 0.1) is 0 Å². The first-order valence-electron chi connectivity index (χ1n) is 6.13. The van der Waals surface area contributed by atoms with E-state index in [0.717, 1.165) is 18.6 Å². The molecule has 3 nitrogen and oxygen atoms in total. The molecule has 1 aliphatic rings. The molecule has 0 bridgehead atoms. The molecule has 16 heavy (non-hydrogen) atoms. The summed E-state index contributed by atoms with van der Waals surface area (Å²) in [4.78, 5) is 4.24. The van der Waals surface area contributed by atoms with Crippen molar-refractivity contribution in [2.24, 2.45) is 5.73 Å². The van der Waals surface area contributed by atoms with Crippen LogP contribution in [0.25, 0.3) is 0 Å². The predicted octanol–water partition coefficient (Wildman–Crippen LogP) is 2.47. The van der Waals surface area contributed by atoms with E-state index in [0.29, 0.717) is 18.6 Å². The number of aromatic nitrogens is 1. The summed E-state index contributed by atoms with van der Waals surface area (Å²) >= 11 is 0. The normalized spacial score (nSPS) is 25.4. The smallest absolute Gasteiger partial charge is 0.137 e. The Balaban J connectivity index is 2.05. The van der Waals surface area contributed by atoms with E-state index in [1.807, 2.05) is 13.1 Å². The summed E-state index contributed by atoms with van der Waals surface area (Å²) in [5.74, 6) is 1.50. The van der Waals surface area contributed by atoms with Crippen molar-refractivity contribution >= 4 is 0 Å². The first-order chi connectivity index (χ1) is 7.79. The molecule has 0 spiro atoms. The molecule has 0 atom stereocenters. The van der Waals surface area contributed by atoms with Crippen LogP contribution in [0.3, 0.4) is 0 Å². The molecule has 1 aliphatic carbocycles. The molecule has 1 fully saturated rings. The molecule has 3 heteroatoms. The lowest BCUT2D eigenvalue weighted by Gasteiger charge is -2.26. The minimum atomic E-state index is 0.402. The van der Waals surface area contributed by atoms with Crippen molar-refractivity contribution < 1.29 is 4.74 Å². The Bertz CT molecular complexity index is 332. The molecule has 2 rings (SSSR count). The minimum Gasteiger partial charge on any atom is -0.492 e. The van der Waals surface area contributed by atoms with Gasteiger partial charge in [0.15, 0.2) is 0 Å². The van der Waals surface area contributed by atoms with Gasteiger partial charge in [-0.1, -0.05) is 0 Å². The second-order valence-electron chi connectivity index (χ2n) is 4.50. The van der Waals surface area contributed by atoms with Crippen LogP contribution in [0.2, 0.25) is 0 Å². The van der Waals surface area contributed by atoms with Crippen LogP contribution in [0.15, 0.2) is 18.5 Å². The van der Waals surface area contributed by atoms with Gasteiger partial charge in [0.1, 0.15) is 5.75 Å². The maximum Gasteiger partial charge on any atom is 0.137 e. The molecular weight excluding hydrogens is 200 g/mol. The molecule has 1 heterocycles. The van der Waals surface area contributed by atoms with Gasteiger partial charge in [0.05, 0.1) is 12.8 Å². The van der Waals surface area contributed by atoms with Crippen LogP contribution in [0.5, 0.6) is 5.75 Å². The number of ether oxygens (including phenoxy) is 1. The summed E-state index contributed by atoms with van der Waals surface area (Å²) in [5, 5.41) is 0. The lowest BCUT2D eigenvalue weighted by Crippen LogP contribution is -2.25. The molecule has 0 unspecified atom stereocenters. The Labute approximate surface area is 97.0 Å². The number of nitrogens with zero attached hydrogens (tertiary/aromatic N) is 1. The Morgan fingerprint density at radius 1 is 1.31 bits per heavy atom. The van der Waals surface area contributed by atoms with E-state index < -0.39 is 0 Å². The molecule has 1 aromatic heterocycles. The second-order valence-corrected chi connectivity index (χ2v) is 4.50. The molecule has 0 aromatic carbocycles. The first-order valence-corrected chi connectivity index (χ1v) is 6.13. The zero-order chi connectivity index (χ0) is 11.4. The molecule has 2 N–H and O–H groups in total. The van der Waals surface area contributed by atoms with Crippen LogP contribution >= 0.6 is 0 Å². The monoisotopic (exact) mass is 220 g/mol. The number of hydrogen-bond donors (Lipinski definition) is 1. The maximum atomic E-state index is 5.91. The minimum absolute atomic E-state index is 0.402. The van der Waals surface area contributed by atoms with E-state index in [1.165, 1.54) is 18.4 Å². The zero-order valence-corrected chi connectivity index (χ0v) is 9.86. The van der Waals surface area contributed by atoms with Crippen molar-refractivity contribution in [1.29, 1.82) is 0 Å². The summed E-state index contributed by atoms with van der Waals surface area (Å²) in [5.41, 5.74) is 7.22. The lowest BCUT2D eigenvalue weighted by atomic mass is 9.82. The van der Waals surface area contributed by atoms with Crippen LogP contribution in [0.1, 0.15) is 44.1 Å². The fourth-order valence-corrected chi connectivity index (χ4v) is 2.36. The van der Waals surface area contributed by atoms with E-state index in [-0.39, 0.29) is 0 Å². The standard InChI is InChI=1S/C13H20N2O/c1-2-16-13-7-11(8-15-9-13)10-3-5-12(14)6-4-10/h7-10,12H,2-6,14H2,1H3. The highest BCUT2D eigenvalue weighted by Gasteiger charge is 2.20. The number of rotatable bonds is 3. The third-order valence-corrected chi connectivity index (χ3v) is 3.29. The summed E-state index contributed by atoms with van der Waals surface area (Å²) in [7, 11) is 0. The van der Waals surface area contributed by atoms with E-state index in [1.54, 1.807) is 6.20 Å². The summed E-state index contributed by atoms with van der Waals surface area (Å²) in [6.45, 7) is 2.69. The second kappa shape index (κ2) is 5.30. The largest absolute Gasteiger partial charge is 0.492 e. The van der Waals surface area contributed by atoms with Crippen molar-refractivity contribution in [2.75, 3.05) is 6.61 Å². The average Bonchev–Trinajstić information content (AvgIpc) is 2.31.